The van der Waals surface area contributed by atoms with E-state index >= 15 is 0 Å². The van der Waals surface area contributed by atoms with Gasteiger partial charge < -0.3 is 10.2 Å². The molecular formula is C29H30FN5O2. The van der Waals surface area contributed by atoms with E-state index in [1.54, 1.807) is 21.7 Å². The molecule has 0 saturated heterocycles. The molecule has 8 heteroatoms. The third-order valence-corrected chi connectivity index (χ3v) is 6.92. The molecule has 0 radical (unpaired) electrons. The maximum absolute atomic E-state index is 13.9. The zero-order valence-corrected chi connectivity index (χ0v) is 20.6. The third kappa shape index (κ3) is 5.85. The molecule has 1 heterocycles. The van der Waals surface area contributed by atoms with Crippen molar-refractivity contribution in [3.05, 3.63) is 95.8 Å². The van der Waals surface area contributed by atoms with Crippen LogP contribution in [0.15, 0.2) is 78.9 Å². The van der Waals surface area contributed by atoms with Crippen LogP contribution in [0, 0.1) is 5.82 Å². The Hall–Kier alpha value is -4.07. The lowest BCUT2D eigenvalue weighted by Crippen LogP contribution is -2.47. The molecule has 5 rings (SSSR count). The summed E-state index contributed by atoms with van der Waals surface area (Å²) in [4.78, 5) is 29.3. The number of para-hydroxylation sites is 1. The quantitative estimate of drug-likeness (QED) is 0.378. The average molecular weight is 500 g/mol. The highest BCUT2D eigenvalue weighted by atomic mass is 19.1. The van der Waals surface area contributed by atoms with E-state index in [-0.39, 0.29) is 36.8 Å². The smallest absolute Gasteiger partial charge is 0.247 e. The van der Waals surface area contributed by atoms with Crippen molar-refractivity contribution in [3.63, 3.8) is 0 Å². The summed E-state index contributed by atoms with van der Waals surface area (Å²) in [5.74, 6) is -0.852. The standard InChI is InChI=1S/C29H30FN5O2/c30-23-17-15-21(16-18-23)19-34(27(36)20-35-26-14-8-7-13-25(26)32-33-35)28(22-9-3-1-4-10-22)29(37)31-24-11-5-2-6-12-24/h1,3-4,7-10,13-18,24,28H,2,5-6,11-12,19-20H2,(H,31,37)/t28-/m1/s1. The summed E-state index contributed by atoms with van der Waals surface area (Å²) in [6.07, 6.45) is 5.21. The number of amides is 2. The Morgan fingerprint density at radius 3 is 2.41 bits per heavy atom. The molecule has 0 unspecified atom stereocenters. The topological polar surface area (TPSA) is 80.1 Å². The van der Waals surface area contributed by atoms with Crippen molar-refractivity contribution in [2.75, 3.05) is 0 Å². The van der Waals surface area contributed by atoms with Crippen molar-refractivity contribution in [2.24, 2.45) is 0 Å². The minimum atomic E-state index is -0.851. The van der Waals surface area contributed by atoms with Crippen molar-refractivity contribution in [3.8, 4) is 0 Å². The van der Waals surface area contributed by atoms with Crippen LogP contribution in [0.1, 0.15) is 49.3 Å². The molecule has 4 aromatic rings. The molecule has 2 amide bonds. The monoisotopic (exact) mass is 499 g/mol. The number of halogens is 1. The van der Waals surface area contributed by atoms with Gasteiger partial charge in [0, 0.05) is 12.6 Å². The van der Waals surface area contributed by atoms with E-state index < -0.39 is 6.04 Å². The fourth-order valence-electron chi connectivity index (χ4n) is 5.00. The number of aromatic nitrogens is 3. The summed E-state index contributed by atoms with van der Waals surface area (Å²) in [5, 5.41) is 11.5. The number of nitrogens with one attached hydrogen (secondary N) is 1. The van der Waals surface area contributed by atoms with Gasteiger partial charge >= 0.3 is 0 Å². The molecule has 1 aliphatic rings. The highest BCUT2D eigenvalue weighted by Crippen LogP contribution is 2.26. The number of nitrogens with zero attached hydrogens (tertiary/aromatic N) is 4. The molecule has 1 aromatic heterocycles. The number of hydrogen-bond acceptors (Lipinski definition) is 4. The van der Waals surface area contributed by atoms with Gasteiger partial charge in [0.25, 0.3) is 0 Å². The molecule has 1 aliphatic carbocycles. The second-order valence-electron chi connectivity index (χ2n) is 9.54. The molecule has 190 valence electrons. The molecule has 1 saturated carbocycles. The molecule has 1 fully saturated rings. The second kappa shape index (κ2) is 11.3. The molecular weight excluding hydrogens is 469 g/mol. The molecule has 1 atom stereocenters. The van der Waals surface area contributed by atoms with Gasteiger partial charge in [-0.25, -0.2) is 9.07 Å². The van der Waals surface area contributed by atoms with Gasteiger partial charge in [0.2, 0.25) is 11.8 Å². The summed E-state index contributed by atoms with van der Waals surface area (Å²) in [7, 11) is 0. The van der Waals surface area contributed by atoms with Crippen molar-refractivity contribution in [2.45, 2.75) is 57.3 Å². The van der Waals surface area contributed by atoms with Crippen molar-refractivity contribution >= 4 is 22.8 Å². The minimum absolute atomic E-state index is 0.0816. The van der Waals surface area contributed by atoms with Crippen LogP contribution in [-0.2, 0) is 22.7 Å². The fraction of sp³-hybridized carbons (Fsp3) is 0.310. The normalized spacial score (nSPS) is 14.8. The van der Waals surface area contributed by atoms with Crippen LogP contribution in [0.5, 0.6) is 0 Å². The Kier molecular flexibility index (Phi) is 7.54. The first-order valence-corrected chi connectivity index (χ1v) is 12.8. The van der Waals surface area contributed by atoms with E-state index in [0.717, 1.165) is 42.3 Å². The van der Waals surface area contributed by atoms with Crippen molar-refractivity contribution in [1.29, 1.82) is 0 Å². The van der Waals surface area contributed by atoms with Gasteiger partial charge in [-0.2, -0.15) is 0 Å². The van der Waals surface area contributed by atoms with Gasteiger partial charge in [-0.15, -0.1) is 5.10 Å². The van der Waals surface area contributed by atoms with Crippen molar-refractivity contribution in [1.82, 2.24) is 25.2 Å². The first kappa shape index (κ1) is 24.6. The van der Waals surface area contributed by atoms with E-state index in [9.17, 15) is 14.0 Å². The largest absolute Gasteiger partial charge is 0.351 e. The van der Waals surface area contributed by atoms with E-state index in [0.29, 0.717) is 5.52 Å². The number of hydrogen-bond donors (Lipinski definition) is 1. The lowest BCUT2D eigenvalue weighted by molar-refractivity contribution is -0.142. The van der Waals surface area contributed by atoms with Gasteiger partial charge in [0.1, 0.15) is 23.9 Å². The summed E-state index contributed by atoms with van der Waals surface area (Å²) in [5.41, 5.74) is 2.87. The summed E-state index contributed by atoms with van der Waals surface area (Å²) in [6, 6.07) is 22.0. The van der Waals surface area contributed by atoms with Crippen LogP contribution >= 0.6 is 0 Å². The van der Waals surface area contributed by atoms with Gasteiger partial charge in [-0.1, -0.05) is 79.1 Å². The number of carbonyl (C=O) groups excluding carboxylic acids is 2. The second-order valence-corrected chi connectivity index (χ2v) is 9.54. The molecule has 1 N–H and O–H groups in total. The maximum Gasteiger partial charge on any atom is 0.247 e. The summed E-state index contributed by atoms with van der Waals surface area (Å²) in [6.45, 7) is 0.0607. The van der Waals surface area contributed by atoms with Crippen LogP contribution in [0.25, 0.3) is 11.0 Å². The highest BCUT2D eigenvalue weighted by Gasteiger charge is 2.33. The van der Waals surface area contributed by atoms with Crippen LogP contribution in [0.3, 0.4) is 0 Å². The molecule has 7 nitrogen and oxygen atoms in total. The van der Waals surface area contributed by atoms with Crippen LogP contribution < -0.4 is 5.32 Å². The van der Waals surface area contributed by atoms with Crippen LogP contribution in [0.4, 0.5) is 4.39 Å². The average Bonchev–Trinajstić information content (AvgIpc) is 3.33. The Morgan fingerprint density at radius 2 is 1.65 bits per heavy atom. The van der Waals surface area contributed by atoms with Gasteiger partial charge in [0.05, 0.1) is 5.52 Å². The molecule has 0 spiro atoms. The van der Waals surface area contributed by atoms with Crippen LogP contribution in [-0.4, -0.2) is 37.7 Å². The number of carbonyl (C=O) groups is 2. The number of rotatable bonds is 8. The van der Waals surface area contributed by atoms with E-state index in [1.807, 2.05) is 54.6 Å². The molecule has 37 heavy (non-hydrogen) atoms. The number of fused-ring (bicyclic) bond motifs is 1. The van der Waals surface area contributed by atoms with Gasteiger partial charge in [0.15, 0.2) is 0 Å². The minimum Gasteiger partial charge on any atom is -0.351 e. The van der Waals surface area contributed by atoms with Crippen LogP contribution in [0.2, 0.25) is 0 Å². The van der Waals surface area contributed by atoms with E-state index in [2.05, 4.69) is 15.6 Å². The summed E-state index contributed by atoms with van der Waals surface area (Å²) < 4.78 is 15.2. The lowest BCUT2D eigenvalue weighted by atomic mass is 9.94. The highest BCUT2D eigenvalue weighted by molar-refractivity contribution is 5.89. The maximum atomic E-state index is 13.9. The van der Waals surface area contributed by atoms with Gasteiger partial charge in [-0.3, -0.25) is 9.59 Å². The van der Waals surface area contributed by atoms with E-state index in [1.165, 1.54) is 18.6 Å². The summed E-state index contributed by atoms with van der Waals surface area (Å²) >= 11 is 0. The number of benzene rings is 3. The third-order valence-electron chi connectivity index (χ3n) is 6.92. The Bertz CT molecular complexity index is 1350. The van der Waals surface area contributed by atoms with Gasteiger partial charge in [-0.05, 0) is 48.2 Å². The Morgan fingerprint density at radius 1 is 0.946 bits per heavy atom. The molecule has 0 aliphatic heterocycles. The Labute approximate surface area is 215 Å². The SMILES string of the molecule is O=C(NC1CCCCC1)[C@@H](c1ccccc1)N(Cc1ccc(F)cc1)C(=O)Cn1nnc2ccccc21. The predicted molar refractivity (Wildman–Crippen MR) is 139 cm³/mol. The zero-order valence-electron chi connectivity index (χ0n) is 20.6. The fourth-order valence-corrected chi connectivity index (χ4v) is 5.00. The van der Waals surface area contributed by atoms with E-state index in [4.69, 9.17) is 0 Å². The predicted octanol–water partition coefficient (Wildman–Crippen LogP) is 4.79. The Balaban J connectivity index is 1.50. The zero-order chi connectivity index (χ0) is 25.6. The first-order chi connectivity index (χ1) is 18.1. The molecule has 3 aromatic carbocycles. The first-order valence-electron chi connectivity index (χ1n) is 12.8. The molecule has 0 bridgehead atoms. The van der Waals surface area contributed by atoms with Crippen molar-refractivity contribution < 1.29 is 14.0 Å². The lowest BCUT2D eigenvalue weighted by Gasteiger charge is -2.33.